The molecule has 2 fully saturated rings. The van der Waals surface area contributed by atoms with Crippen LogP contribution in [0.1, 0.15) is 73.1 Å². The maximum absolute atomic E-state index is 12.9. The second-order valence-electron chi connectivity index (χ2n) is 9.92. The lowest BCUT2D eigenvalue weighted by atomic mass is 9.95. The molecule has 2 aromatic rings. The first-order chi connectivity index (χ1) is 17.3. The maximum atomic E-state index is 12.9. The van der Waals surface area contributed by atoms with E-state index >= 15 is 0 Å². The van der Waals surface area contributed by atoms with Crippen LogP contribution in [0.25, 0.3) is 0 Å². The second kappa shape index (κ2) is 11.4. The van der Waals surface area contributed by atoms with Gasteiger partial charge in [-0.05, 0) is 63.1 Å². The molecular weight excluding hydrogens is 456 g/mol. The van der Waals surface area contributed by atoms with Gasteiger partial charge in [0.15, 0.2) is 0 Å². The third-order valence-corrected chi connectivity index (χ3v) is 6.93. The molecule has 1 unspecified atom stereocenters. The minimum atomic E-state index is -0.390. The Balaban J connectivity index is 1.36. The number of benzene rings is 2. The van der Waals surface area contributed by atoms with Gasteiger partial charge in [-0.3, -0.25) is 19.2 Å². The molecule has 1 aliphatic carbocycles. The Bertz CT molecular complexity index is 1120. The Morgan fingerprint density at radius 1 is 0.889 bits per heavy atom. The zero-order chi connectivity index (χ0) is 25.7. The molecule has 2 aromatic carbocycles. The van der Waals surface area contributed by atoms with Crippen LogP contribution in [0.5, 0.6) is 0 Å². The average molecular weight is 491 g/mol. The average Bonchev–Trinajstić information content (AvgIpc) is 3.27. The van der Waals surface area contributed by atoms with Crippen molar-refractivity contribution in [2.75, 3.05) is 17.2 Å². The summed E-state index contributed by atoms with van der Waals surface area (Å²) in [6.45, 7) is 4.28. The van der Waals surface area contributed by atoms with Gasteiger partial charge in [-0.15, -0.1) is 0 Å². The van der Waals surface area contributed by atoms with Crippen molar-refractivity contribution >= 4 is 35.0 Å². The summed E-state index contributed by atoms with van der Waals surface area (Å²) in [6.07, 6.45) is 5.62. The van der Waals surface area contributed by atoms with Gasteiger partial charge in [0, 0.05) is 36.3 Å². The van der Waals surface area contributed by atoms with Gasteiger partial charge in [0.25, 0.3) is 11.8 Å². The van der Waals surface area contributed by atoms with Gasteiger partial charge in [-0.25, -0.2) is 0 Å². The smallest absolute Gasteiger partial charge is 0.255 e. The number of rotatable bonds is 7. The highest BCUT2D eigenvalue weighted by Gasteiger charge is 2.35. The molecule has 8 nitrogen and oxygen atoms in total. The summed E-state index contributed by atoms with van der Waals surface area (Å²) < 4.78 is 0. The predicted octanol–water partition coefficient (Wildman–Crippen LogP) is 4.20. The number of para-hydroxylation sites is 1. The van der Waals surface area contributed by atoms with E-state index in [0.717, 1.165) is 25.7 Å². The van der Waals surface area contributed by atoms with E-state index in [1.807, 2.05) is 13.8 Å². The Labute approximate surface area is 211 Å². The fourth-order valence-corrected chi connectivity index (χ4v) is 4.85. The molecule has 2 aliphatic rings. The molecule has 0 aromatic heterocycles. The van der Waals surface area contributed by atoms with Crippen molar-refractivity contribution in [1.82, 2.24) is 10.2 Å². The molecule has 3 N–H and O–H groups in total. The third-order valence-electron chi connectivity index (χ3n) is 6.93. The van der Waals surface area contributed by atoms with Gasteiger partial charge in [0.1, 0.15) is 0 Å². The highest BCUT2D eigenvalue weighted by atomic mass is 16.2. The summed E-state index contributed by atoms with van der Waals surface area (Å²) in [5.41, 5.74) is 1.84. The van der Waals surface area contributed by atoms with Gasteiger partial charge < -0.3 is 20.9 Å². The molecule has 190 valence electrons. The lowest BCUT2D eigenvalue weighted by Crippen LogP contribution is -2.36. The molecule has 0 bridgehead atoms. The topological polar surface area (TPSA) is 108 Å². The summed E-state index contributed by atoms with van der Waals surface area (Å²) in [5, 5.41) is 8.77. The van der Waals surface area contributed by atoms with Gasteiger partial charge in [-0.1, -0.05) is 31.4 Å². The fourth-order valence-electron chi connectivity index (χ4n) is 4.85. The fraction of sp³-hybridized carbons (Fsp3) is 0.429. The minimum absolute atomic E-state index is 0.00938. The van der Waals surface area contributed by atoms with Crippen LogP contribution in [-0.2, 0) is 9.59 Å². The number of hydrogen-bond donors (Lipinski definition) is 3. The van der Waals surface area contributed by atoms with Crippen molar-refractivity contribution in [2.24, 2.45) is 5.92 Å². The molecule has 1 saturated carbocycles. The van der Waals surface area contributed by atoms with Crippen LogP contribution >= 0.6 is 0 Å². The molecule has 0 radical (unpaired) electrons. The van der Waals surface area contributed by atoms with E-state index in [1.54, 1.807) is 53.4 Å². The van der Waals surface area contributed by atoms with Crippen LogP contribution in [0.3, 0.4) is 0 Å². The summed E-state index contributed by atoms with van der Waals surface area (Å²) >= 11 is 0. The van der Waals surface area contributed by atoms with E-state index in [2.05, 4.69) is 16.0 Å². The predicted molar refractivity (Wildman–Crippen MR) is 139 cm³/mol. The van der Waals surface area contributed by atoms with Crippen LogP contribution in [0.15, 0.2) is 48.5 Å². The zero-order valence-corrected chi connectivity index (χ0v) is 20.9. The number of amides is 4. The first-order valence-corrected chi connectivity index (χ1v) is 12.7. The van der Waals surface area contributed by atoms with Crippen LogP contribution in [0, 0.1) is 5.92 Å². The summed E-state index contributed by atoms with van der Waals surface area (Å²) in [4.78, 5) is 52.2. The second-order valence-corrected chi connectivity index (χ2v) is 9.92. The molecule has 0 spiro atoms. The van der Waals surface area contributed by atoms with E-state index < -0.39 is 0 Å². The van der Waals surface area contributed by atoms with E-state index in [9.17, 15) is 19.2 Å². The number of hydrogen-bond acceptors (Lipinski definition) is 4. The Hall–Kier alpha value is -3.68. The first kappa shape index (κ1) is 25.4. The number of carbonyl (C=O) groups excluding carboxylic acids is 4. The molecule has 1 atom stereocenters. The maximum Gasteiger partial charge on any atom is 0.255 e. The van der Waals surface area contributed by atoms with E-state index in [4.69, 9.17) is 0 Å². The largest absolute Gasteiger partial charge is 0.349 e. The molecule has 8 heteroatoms. The number of likely N-dealkylation sites (tertiary alicyclic amines) is 1. The van der Waals surface area contributed by atoms with Crippen molar-refractivity contribution in [2.45, 2.75) is 64.5 Å². The monoisotopic (exact) mass is 490 g/mol. The lowest BCUT2D eigenvalue weighted by molar-refractivity contribution is -0.129. The molecular formula is C28H34N4O4. The van der Waals surface area contributed by atoms with Crippen molar-refractivity contribution < 1.29 is 19.2 Å². The van der Waals surface area contributed by atoms with E-state index in [1.165, 1.54) is 6.42 Å². The molecule has 4 amide bonds. The number of carbonyl (C=O) groups is 4. The Morgan fingerprint density at radius 3 is 2.25 bits per heavy atom. The van der Waals surface area contributed by atoms with Crippen molar-refractivity contribution in [3.05, 3.63) is 59.7 Å². The van der Waals surface area contributed by atoms with Gasteiger partial charge in [0.2, 0.25) is 11.8 Å². The van der Waals surface area contributed by atoms with E-state index in [0.29, 0.717) is 29.0 Å². The molecule has 1 heterocycles. The first-order valence-electron chi connectivity index (χ1n) is 12.7. The Kier molecular flexibility index (Phi) is 8.03. The van der Waals surface area contributed by atoms with Crippen LogP contribution in [-0.4, -0.2) is 47.2 Å². The van der Waals surface area contributed by atoms with Crippen LogP contribution in [0.4, 0.5) is 11.4 Å². The van der Waals surface area contributed by atoms with Crippen LogP contribution < -0.4 is 16.0 Å². The number of nitrogens with zero attached hydrogens (tertiary/aromatic N) is 1. The van der Waals surface area contributed by atoms with Gasteiger partial charge >= 0.3 is 0 Å². The zero-order valence-electron chi connectivity index (χ0n) is 20.9. The van der Waals surface area contributed by atoms with Crippen molar-refractivity contribution in [3.8, 4) is 0 Å². The molecule has 1 aliphatic heterocycles. The Morgan fingerprint density at radius 2 is 1.58 bits per heavy atom. The van der Waals surface area contributed by atoms with Crippen LogP contribution in [0.2, 0.25) is 0 Å². The summed E-state index contributed by atoms with van der Waals surface area (Å²) in [6, 6.07) is 13.8. The SMILES string of the molecule is CC(C)N1CC(C(=O)Nc2ccc(C(=O)Nc3ccccc3C(=O)NC3CCCCC3)cc2)CC1=O. The summed E-state index contributed by atoms with van der Waals surface area (Å²) in [5.74, 6) is -1.14. The molecule has 1 saturated heterocycles. The summed E-state index contributed by atoms with van der Waals surface area (Å²) in [7, 11) is 0. The van der Waals surface area contributed by atoms with E-state index in [-0.39, 0.29) is 48.1 Å². The molecule has 36 heavy (non-hydrogen) atoms. The quantitative estimate of drug-likeness (QED) is 0.541. The highest BCUT2D eigenvalue weighted by Crippen LogP contribution is 2.23. The molecule has 4 rings (SSSR count). The van der Waals surface area contributed by atoms with Crippen molar-refractivity contribution in [1.29, 1.82) is 0 Å². The van der Waals surface area contributed by atoms with Gasteiger partial charge in [-0.2, -0.15) is 0 Å². The standard InChI is InChI=1S/C28H34N4O4/c1-18(2)32-17-20(16-25(32)33)27(35)29-22-14-12-19(13-15-22)26(34)31-24-11-7-6-10-23(24)28(36)30-21-8-4-3-5-9-21/h6-7,10-15,18,20-21H,3-5,8-9,16-17H2,1-2H3,(H,29,35)(H,30,36)(H,31,34). The lowest BCUT2D eigenvalue weighted by Gasteiger charge is -2.23. The minimum Gasteiger partial charge on any atom is -0.349 e. The highest BCUT2D eigenvalue weighted by molar-refractivity contribution is 6.09. The number of nitrogens with one attached hydrogen (secondary N) is 3. The normalized spacial score (nSPS) is 18.2. The van der Waals surface area contributed by atoms with Crippen molar-refractivity contribution in [3.63, 3.8) is 0 Å². The number of anilines is 2. The third kappa shape index (κ3) is 6.11. The van der Waals surface area contributed by atoms with Gasteiger partial charge in [0.05, 0.1) is 17.2 Å².